The van der Waals surface area contributed by atoms with Crippen molar-refractivity contribution in [1.29, 1.82) is 0 Å². The summed E-state index contributed by atoms with van der Waals surface area (Å²) in [5.41, 5.74) is -0.0166. The Balaban J connectivity index is 2.62. The number of rotatable bonds is 3. The fourth-order valence-electron chi connectivity index (χ4n) is 1.07. The molecule has 7 heteroatoms. The van der Waals surface area contributed by atoms with Crippen LogP contribution in [0.3, 0.4) is 0 Å². The molecule has 1 aromatic carbocycles. The number of hydrogen-bond donors (Lipinski definition) is 2. The van der Waals surface area contributed by atoms with Gasteiger partial charge in [-0.25, -0.2) is 8.78 Å². The Morgan fingerprint density at radius 3 is 2.06 bits per heavy atom. The zero-order chi connectivity index (χ0) is 12.3. The molecular formula is C9H8F5NO. The number of hydrogen-bond acceptors (Lipinski definition) is 2. The van der Waals surface area contributed by atoms with Crippen LogP contribution in [0.1, 0.15) is 5.56 Å². The number of halogens is 5. The van der Waals surface area contributed by atoms with Gasteiger partial charge in [0, 0.05) is 6.54 Å². The molecule has 0 spiro atoms. The lowest BCUT2D eigenvalue weighted by Crippen LogP contribution is -2.28. The first kappa shape index (κ1) is 12.7. The van der Waals surface area contributed by atoms with E-state index in [4.69, 9.17) is 5.11 Å². The van der Waals surface area contributed by atoms with Crippen LogP contribution in [0.4, 0.5) is 22.0 Å². The highest BCUT2D eigenvalue weighted by Crippen LogP contribution is 2.21. The van der Waals surface area contributed by atoms with E-state index in [9.17, 15) is 22.0 Å². The van der Waals surface area contributed by atoms with Gasteiger partial charge in [-0.1, -0.05) is 0 Å². The first-order valence-corrected chi connectivity index (χ1v) is 4.24. The summed E-state index contributed by atoms with van der Waals surface area (Å²) in [7, 11) is 0. The average Bonchev–Trinajstić information content (AvgIpc) is 2.12. The molecule has 0 saturated heterocycles. The number of phenolic OH excluding ortho intramolecular Hbond substituents is 1. The van der Waals surface area contributed by atoms with Crippen molar-refractivity contribution in [3.63, 3.8) is 0 Å². The molecule has 0 amide bonds. The van der Waals surface area contributed by atoms with Crippen LogP contribution in [0.5, 0.6) is 5.75 Å². The Hall–Kier alpha value is -1.37. The van der Waals surface area contributed by atoms with Gasteiger partial charge in [-0.2, -0.15) is 13.2 Å². The van der Waals surface area contributed by atoms with Crippen LogP contribution in [0.25, 0.3) is 0 Å². The van der Waals surface area contributed by atoms with Crippen LogP contribution in [-0.2, 0) is 6.54 Å². The standard InChI is InChI=1S/C9H8F5NO/c10-6-1-5(2-7(11)8(6)16)3-15-4-9(12,13)14/h1-2,15-16H,3-4H2. The first-order chi connectivity index (χ1) is 7.29. The predicted octanol–water partition coefficient (Wildman–Crippen LogP) is 2.32. The van der Waals surface area contributed by atoms with Crippen molar-refractivity contribution < 1.29 is 27.1 Å². The molecule has 2 N–H and O–H groups in total. The highest BCUT2D eigenvalue weighted by molar-refractivity contribution is 5.29. The maximum Gasteiger partial charge on any atom is 0.401 e. The van der Waals surface area contributed by atoms with Crippen LogP contribution in [0.2, 0.25) is 0 Å². The highest BCUT2D eigenvalue weighted by atomic mass is 19.4. The van der Waals surface area contributed by atoms with Gasteiger partial charge in [0.25, 0.3) is 0 Å². The van der Waals surface area contributed by atoms with Crippen molar-refractivity contribution in [2.45, 2.75) is 12.7 Å². The molecular weight excluding hydrogens is 233 g/mol. The van der Waals surface area contributed by atoms with Gasteiger partial charge in [0.2, 0.25) is 0 Å². The van der Waals surface area contributed by atoms with E-state index in [1.54, 1.807) is 0 Å². The van der Waals surface area contributed by atoms with Crippen molar-refractivity contribution in [1.82, 2.24) is 5.32 Å². The van der Waals surface area contributed by atoms with Gasteiger partial charge in [0.05, 0.1) is 6.54 Å². The molecule has 0 aliphatic rings. The lowest BCUT2D eigenvalue weighted by Gasteiger charge is -2.08. The SMILES string of the molecule is Oc1c(F)cc(CNCC(F)(F)F)cc1F. The van der Waals surface area contributed by atoms with Gasteiger partial charge in [0.1, 0.15) is 0 Å². The van der Waals surface area contributed by atoms with Gasteiger partial charge in [0.15, 0.2) is 17.4 Å². The lowest BCUT2D eigenvalue weighted by atomic mass is 10.2. The van der Waals surface area contributed by atoms with Crippen molar-refractivity contribution in [2.24, 2.45) is 0 Å². The van der Waals surface area contributed by atoms with E-state index >= 15 is 0 Å². The zero-order valence-corrected chi connectivity index (χ0v) is 7.91. The number of alkyl halides is 3. The van der Waals surface area contributed by atoms with E-state index in [0.29, 0.717) is 0 Å². The fraction of sp³-hybridized carbons (Fsp3) is 0.333. The van der Waals surface area contributed by atoms with E-state index in [1.807, 2.05) is 5.32 Å². The van der Waals surface area contributed by atoms with E-state index in [1.165, 1.54) is 0 Å². The topological polar surface area (TPSA) is 32.3 Å². The minimum Gasteiger partial charge on any atom is -0.503 e. The van der Waals surface area contributed by atoms with Crippen molar-refractivity contribution in [2.75, 3.05) is 6.54 Å². The Bertz CT molecular complexity index is 354. The third-order valence-corrected chi connectivity index (χ3v) is 1.73. The summed E-state index contributed by atoms with van der Waals surface area (Å²) in [5.74, 6) is -3.55. The summed E-state index contributed by atoms with van der Waals surface area (Å²) < 4.78 is 60.7. The monoisotopic (exact) mass is 241 g/mol. The molecule has 0 saturated carbocycles. The molecule has 0 aromatic heterocycles. The van der Waals surface area contributed by atoms with Crippen LogP contribution in [-0.4, -0.2) is 17.8 Å². The molecule has 0 heterocycles. The second-order valence-electron chi connectivity index (χ2n) is 3.13. The smallest absolute Gasteiger partial charge is 0.401 e. The Labute approximate surface area is 87.7 Å². The quantitative estimate of drug-likeness (QED) is 0.796. The Kier molecular flexibility index (Phi) is 3.69. The largest absolute Gasteiger partial charge is 0.503 e. The number of aromatic hydroxyl groups is 1. The summed E-state index contributed by atoms with van der Waals surface area (Å²) in [6.45, 7) is -1.59. The molecule has 0 atom stereocenters. The van der Waals surface area contributed by atoms with Gasteiger partial charge < -0.3 is 10.4 Å². The predicted molar refractivity (Wildman–Crippen MR) is 45.8 cm³/mol. The van der Waals surface area contributed by atoms with E-state index in [0.717, 1.165) is 12.1 Å². The van der Waals surface area contributed by atoms with Gasteiger partial charge in [-0.15, -0.1) is 0 Å². The molecule has 90 valence electrons. The van der Waals surface area contributed by atoms with Crippen LogP contribution in [0.15, 0.2) is 12.1 Å². The second kappa shape index (κ2) is 4.65. The normalized spacial score (nSPS) is 11.8. The molecule has 0 fully saturated rings. The third kappa shape index (κ3) is 3.65. The average molecular weight is 241 g/mol. The third-order valence-electron chi connectivity index (χ3n) is 1.73. The Morgan fingerprint density at radius 2 is 1.62 bits per heavy atom. The van der Waals surface area contributed by atoms with Crippen molar-refractivity contribution in [3.05, 3.63) is 29.3 Å². The van der Waals surface area contributed by atoms with Gasteiger partial charge >= 0.3 is 6.18 Å². The van der Waals surface area contributed by atoms with Crippen LogP contribution in [0, 0.1) is 11.6 Å². The van der Waals surface area contributed by atoms with Crippen LogP contribution >= 0.6 is 0 Å². The lowest BCUT2D eigenvalue weighted by molar-refractivity contribution is -0.125. The van der Waals surface area contributed by atoms with Crippen molar-refractivity contribution >= 4 is 0 Å². The van der Waals surface area contributed by atoms with Gasteiger partial charge in [-0.05, 0) is 17.7 Å². The summed E-state index contributed by atoms with van der Waals surface area (Å²) in [6.07, 6.45) is -4.38. The minimum atomic E-state index is -4.38. The molecule has 2 nitrogen and oxygen atoms in total. The maximum atomic E-state index is 12.8. The molecule has 0 bridgehead atoms. The number of phenols is 1. The summed E-state index contributed by atoms with van der Waals surface area (Å²) in [5, 5.41) is 10.7. The van der Waals surface area contributed by atoms with E-state index < -0.39 is 30.1 Å². The molecule has 1 aromatic rings. The summed E-state index contributed by atoms with van der Waals surface area (Å²) in [4.78, 5) is 0. The number of nitrogens with one attached hydrogen (secondary N) is 1. The minimum absolute atomic E-state index is 0.0166. The summed E-state index contributed by atoms with van der Waals surface area (Å²) in [6, 6.07) is 1.53. The first-order valence-electron chi connectivity index (χ1n) is 4.24. The van der Waals surface area contributed by atoms with Crippen molar-refractivity contribution in [3.8, 4) is 5.75 Å². The molecule has 0 aliphatic carbocycles. The second-order valence-corrected chi connectivity index (χ2v) is 3.13. The molecule has 1 rings (SSSR count). The molecule has 0 aliphatic heterocycles. The molecule has 16 heavy (non-hydrogen) atoms. The number of benzene rings is 1. The van der Waals surface area contributed by atoms with Gasteiger partial charge in [-0.3, -0.25) is 0 Å². The van der Waals surface area contributed by atoms with Crippen LogP contribution < -0.4 is 5.32 Å². The fourth-order valence-corrected chi connectivity index (χ4v) is 1.07. The Morgan fingerprint density at radius 1 is 1.12 bits per heavy atom. The molecule has 0 unspecified atom stereocenters. The van der Waals surface area contributed by atoms with E-state index in [2.05, 4.69) is 0 Å². The zero-order valence-electron chi connectivity index (χ0n) is 7.91. The maximum absolute atomic E-state index is 12.8. The van der Waals surface area contributed by atoms with E-state index in [-0.39, 0.29) is 12.1 Å². The summed E-state index contributed by atoms with van der Waals surface area (Å²) >= 11 is 0. The highest BCUT2D eigenvalue weighted by Gasteiger charge is 2.26. The molecule has 0 radical (unpaired) electrons.